The molecule has 2 aliphatic carbocycles. The summed E-state index contributed by atoms with van der Waals surface area (Å²) in [6.07, 6.45) is 6.82. The maximum Gasteiger partial charge on any atom is 0.255 e. The van der Waals surface area contributed by atoms with Gasteiger partial charge in [0, 0.05) is 38.2 Å². The molecule has 4 aliphatic rings. The maximum absolute atomic E-state index is 12.9. The molecule has 1 N–H and O–H groups in total. The van der Waals surface area contributed by atoms with Crippen molar-refractivity contribution in [3.05, 3.63) is 29.3 Å². The highest BCUT2D eigenvalue weighted by molar-refractivity contribution is 6.05. The monoisotopic (exact) mass is 469 g/mol. The minimum Gasteiger partial charge on any atom is -0.489 e. The number of amides is 3. The Labute approximate surface area is 200 Å². The van der Waals surface area contributed by atoms with E-state index in [0.29, 0.717) is 36.6 Å². The van der Waals surface area contributed by atoms with Crippen molar-refractivity contribution in [3.8, 4) is 5.75 Å². The van der Waals surface area contributed by atoms with Gasteiger partial charge in [-0.2, -0.15) is 0 Å². The fraction of sp³-hybridized carbons (Fsp3) is 0.654. The van der Waals surface area contributed by atoms with Crippen LogP contribution >= 0.6 is 0 Å². The van der Waals surface area contributed by atoms with Gasteiger partial charge < -0.3 is 14.4 Å². The summed E-state index contributed by atoms with van der Waals surface area (Å²) in [6.45, 7) is 4.71. The number of hydrogen-bond acceptors (Lipinski definition) is 6. The van der Waals surface area contributed by atoms with E-state index < -0.39 is 6.04 Å². The molecule has 0 aromatic heterocycles. The highest BCUT2D eigenvalue weighted by Gasteiger charge is 2.40. The van der Waals surface area contributed by atoms with Crippen LogP contribution in [0.5, 0.6) is 5.75 Å². The number of carbonyl (C=O) groups is 3. The minimum absolute atomic E-state index is 0.139. The van der Waals surface area contributed by atoms with Gasteiger partial charge in [0.25, 0.3) is 5.91 Å². The quantitative estimate of drug-likeness (QED) is 0.589. The number of imide groups is 1. The maximum atomic E-state index is 12.9. The van der Waals surface area contributed by atoms with Gasteiger partial charge in [-0.05, 0) is 74.8 Å². The zero-order valence-electron chi connectivity index (χ0n) is 20.1. The van der Waals surface area contributed by atoms with Crippen molar-refractivity contribution in [2.45, 2.75) is 82.7 Å². The summed E-state index contributed by atoms with van der Waals surface area (Å²) in [6, 6.07) is 5.47. The summed E-state index contributed by atoms with van der Waals surface area (Å²) in [5.74, 6) is 0.680. The largest absolute Gasteiger partial charge is 0.489 e. The van der Waals surface area contributed by atoms with E-state index in [9.17, 15) is 14.4 Å². The Balaban J connectivity index is 1.23. The van der Waals surface area contributed by atoms with Crippen molar-refractivity contribution in [1.29, 1.82) is 0 Å². The number of nitrogens with one attached hydrogen (secondary N) is 1. The molecule has 184 valence electrons. The van der Waals surface area contributed by atoms with Gasteiger partial charge in [-0.25, -0.2) is 0 Å². The van der Waals surface area contributed by atoms with Crippen LogP contribution in [-0.4, -0.2) is 72.0 Å². The Hall–Kier alpha value is -2.45. The Morgan fingerprint density at radius 2 is 1.97 bits per heavy atom. The molecule has 5 rings (SSSR count). The molecule has 2 aliphatic heterocycles. The first kappa shape index (κ1) is 23.3. The number of benzene rings is 1. The van der Waals surface area contributed by atoms with Crippen LogP contribution in [-0.2, 0) is 20.9 Å². The second-order valence-electron chi connectivity index (χ2n) is 10.2. The van der Waals surface area contributed by atoms with Gasteiger partial charge in [0.1, 0.15) is 17.9 Å². The molecule has 2 saturated carbocycles. The molecule has 1 aromatic carbocycles. The minimum atomic E-state index is -0.594. The predicted octanol–water partition coefficient (Wildman–Crippen LogP) is 2.49. The molecule has 1 unspecified atom stereocenters. The second-order valence-corrected chi connectivity index (χ2v) is 10.2. The molecular weight excluding hydrogens is 434 g/mol. The van der Waals surface area contributed by atoms with E-state index in [1.54, 1.807) is 12.0 Å². The van der Waals surface area contributed by atoms with Gasteiger partial charge in [0.2, 0.25) is 11.8 Å². The summed E-state index contributed by atoms with van der Waals surface area (Å²) in [5, 5.41) is 2.35. The Bertz CT molecular complexity index is 960. The summed E-state index contributed by atoms with van der Waals surface area (Å²) >= 11 is 0. The molecule has 3 fully saturated rings. The van der Waals surface area contributed by atoms with Crippen LogP contribution in [0, 0.1) is 5.92 Å². The fourth-order valence-electron chi connectivity index (χ4n) is 6.11. The lowest BCUT2D eigenvalue weighted by atomic mass is 9.81. The first-order chi connectivity index (χ1) is 16.5. The molecule has 2 heterocycles. The van der Waals surface area contributed by atoms with Crippen LogP contribution in [0.25, 0.3) is 0 Å². The Kier molecular flexibility index (Phi) is 6.62. The van der Waals surface area contributed by atoms with Crippen molar-refractivity contribution in [2.75, 3.05) is 20.2 Å². The van der Waals surface area contributed by atoms with Crippen LogP contribution < -0.4 is 10.1 Å². The topological polar surface area (TPSA) is 88.2 Å². The Morgan fingerprint density at radius 1 is 1.15 bits per heavy atom. The van der Waals surface area contributed by atoms with E-state index in [-0.39, 0.29) is 30.2 Å². The Morgan fingerprint density at radius 3 is 2.71 bits per heavy atom. The average Bonchev–Trinajstić information content (AvgIpc) is 3.37. The van der Waals surface area contributed by atoms with E-state index in [2.05, 4.69) is 17.1 Å². The molecule has 0 radical (unpaired) electrons. The number of rotatable bonds is 8. The molecule has 8 heteroatoms. The van der Waals surface area contributed by atoms with Crippen LogP contribution in [0.3, 0.4) is 0 Å². The number of likely N-dealkylation sites (N-methyl/N-ethyl adjacent to an activating group) is 1. The molecule has 0 bridgehead atoms. The van der Waals surface area contributed by atoms with Gasteiger partial charge in [0.05, 0.1) is 6.10 Å². The van der Waals surface area contributed by atoms with Crippen molar-refractivity contribution in [3.63, 3.8) is 0 Å². The van der Waals surface area contributed by atoms with Crippen molar-refractivity contribution in [1.82, 2.24) is 15.1 Å². The number of hydrogen-bond donors (Lipinski definition) is 1. The summed E-state index contributed by atoms with van der Waals surface area (Å²) in [5.41, 5.74) is 1.50. The van der Waals surface area contributed by atoms with E-state index in [1.165, 1.54) is 0 Å². The molecule has 34 heavy (non-hydrogen) atoms. The van der Waals surface area contributed by atoms with Crippen molar-refractivity contribution in [2.24, 2.45) is 5.92 Å². The third-order valence-electron chi connectivity index (χ3n) is 8.09. The molecule has 8 nitrogen and oxygen atoms in total. The first-order valence-electron chi connectivity index (χ1n) is 12.7. The molecular formula is C26H35N3O5. The van der Waals surface area contributed by atoms with Crippen LogP contribution in [0.4, 0.5) is 0 Å². The molecule has 3 amide bonds. The van der Waals surface area contributed by atoms with Crippen LogP contribution in [0.1, 0.15) is 67.8 Å². The predicted molar refractivity (Wildman–Crippen MR) is 125 cm³/mol. The lowest BCUT2D eigenvalue weighted by Crippen LogP contribution is -2.52. The lowest BCUT2D eigenvalue weighted by Gasteiger charge is -2.40. The number of nitrogens with zero attached hydrogens (tertiary/aromatic N) is 2. The highest BCUT2D eigenvalue weighted by Crippen LogP contribution is 2.35. The van der Waals surface area contributed by atoms with Crippen molar-refractivity contribution >= 4 is 17.7 Å². The third-order valence-corrected chi connectivity index (χ3v) is 8.09. The number of ether oxygens (including phenoxy) is 2. The van der Waals surface area contributed by atoms with Crippen LogP contribution in [0.15, 0.2) is 18.2 Å². The molecule has 1 aromatic rings. The van der Waals surface area contributed by atoms with E-state index >= 15 is 0 Å². The van der Waals surface area contributed by atoms with Crippen LogP contribution in [0.2, 0.25) is 0 Å². The van der Waals surface area contributed by atoms with E-state index in [1.807, 2.05) is 18.2 Å². The summed E-state index contributed by atoms with van der Waals surface area (Å²) < 4.78 is 12.0. The SMILES string of the molecule is CCN(CC1CC(OC)C1)[C@@H]1CCC[C@H]1Oc1ccc2c(c1)CN(C1CCC(=O)NC1=O)C2=O. The van der Waals surface area contributed by atoms with Gasteiger partial charge in [-0.1, -0.05) is 6.92 Å². The van der Waals surface area contributed by atoms with Gasteiger partial charge in [-0.15, -0.1) is 0 Å². The summed E-state index contributed by atoms with van der Waals surface area (Å²) in [4.78, 5) is 40.9. The normalized spacial score (nSPS) is 31.0. The smallest absolute Gasteiger partial charge is 0.255 e. The lowest BCUT2D eigenvalue weighted by molar-refractivity contribution is -0.136. The molecule has 1 saturated heterocycles. The van der Waals surface area contributed by atoms with Gasteiger partial charge in [0.15, 0.2) is 0 Å². The number of methoxy groups -OCH3 is 1. The molecule has 3 atom stereocenters. The first-order valence-corrected chi connectivity index (χ1v) is 12.7. The van der Waals surface area contributed by atoms with Gasteiger partial charge >= 0.3 is 0 Å². The molecule has 0 spiro atoms. The number of piperidine rings is 1. The zero-order chi connectivity index (χ0) is 23.8. The fourth-order valence-corrected chi connectivity index (χ4v) is 6.11. The standard InChI is InChI=1S/C26H35N3O5/c1-3-28(14-16-11-19(12-16)33-2)21-5-4-6-23(21)34-18-7-8-20-17(13-18)15-29(26(20)32)22-9-10-24(30)27-25(22)31/h7-8,13,16,19,21-23H,3-6,9-12,14-15H2,1-2H3,(H,27,30,31)/t16?,19?,21-,22?,23-/m1/s1. The number of carbonyl (C=O) groups excluding carboxylic acids is 3. The van der Waals surface area contributed by atoms with E-state index in [0.717, 1.165) is 56.5 Å². The average molecular weight is 470 g/mol. The van der Waals surface area contributed by atoms with E-state index in [4.69, 9.17) is 9.47 Å². The highest BCUT2D eigenvalue weighted by atomic mass is 16.5. The second kappa shape index (κ2) is 9.66. The van der Waals surface area contributed by atoms with Crippen molar-refractivity contribution < 1.29 is 23.9 Å². The number of fused-ring (bicyclic) bond motifs is 1. The third kappa shape index (κ3) is 4.45. The summed E-state index contributed by atoms with van der Waals surface area (Å²) in [7, 11) is 1.80. The van der Waals surface area contributed by atoms with Gasteiger partial charge in [-0.3, -0.25) is 24.6 Å². The zero-order valence-corrected chi connectivity index (χ0v) is 20.1.